The number of ketones is 1. The van der Waals surface area contributed by atoms with Crippen LogP contribution in [0.1, 0.15) is 41.9 Å². The van der Waals surface area contributed by atoms with Crippen molar-refractivity contribution in [3.05, 3.63) is 95.9 Å². The summed E-state index contributed by atoms with van der Waals surface area (Å²) in [6.45, 7) is 0. The summed E-state index contributed by atoms with van der Waals surface area (Å²) in [5.74, 6) is -0.753. The van der Waals surface area contributed by atoms with E-state index in [4.69, 9.17) is 9.15 Å². The minimum atomic E-state index is -1.07. The lowest BCUT2D eigenvalue weighted by molar-refractivity contribution is -0.149. The standard InChI is InChI=1S/C22H20O5/c23-18(14-19(24)20-12-7-13-26-20)15-21(25)27-22(16-8-3-1-4-9-16)17-10-5-2-6-11-17/h1-13,19,22,24H,14-15H2/t19-/m1/s1. The molecule has 1 atom stereocenters. The van der Waals surface area contributed by atoms with Crippen molar-refractivity contribution >= 4 is 11.8 Å². The van der Waals surface area contributed by atoms with Crippen molar-refractivity contribution in [2.45, 2.75) is 25.0 Å². The fourth-order valence-electron chi connectivity index (χ4n) is 2.79. The van der Waals surface area contributed by atoms with E-state index in [2.05, 4.69) is 0 Å². The predicted octanol–water partition coefficient (Wildman–Crippen LogP) is 4.00. The number of esters is 1. The lowest BCUT2D eigenvalue weighted by Crippen LogP contribution is -2.17. The van der Waals surface area contributed by atoms with Gasteiger partial charge in [0, 0.05) is 6.42 Å². The fraction of sp³-hybridized carbons (Fsp3) is 0.182. The van der Waals surface area contributed by atoms with Crippen molar-refractivity contribution < 1.29 is 23.8 Å². The molecular weight excluding hydrogens is 344 g/mol. The molecule has 0 aliphatic heterocycles. The van der Waals surface area contributed by atoms with Gasteiger partial charge in [-0.15, -0.1) is 0 Å². The molecule has 138 valence electrons. The molecule has 0 bridgehead atoms. The van der Waals surface area contributed by atoms with Gasteiger partial charge in [-0.25, -0.2) is 0 Å². The summed E-state index contributed by atoms with van der Waals surface area (Å²) in [5, 5.41) is 9.96. The highest BCUT2D eigenvalue weighted by Crippen LogP contribution is 2.26. The topological polar surface area (TPSA) is 76.7 Å². The molecule has 0 saturated heterocycles. The molecule has 0 aliphatic rings. The van der Waals surface area contributed by atoms with Crippen LogP contribution in [0.3, 0.4) is 0 Å². The molecule has 5 heteroatoms. The van der Waals surface area contributed by atoms with E-state index in [0.717, 1.165) is 11.1 Å². The van der Waals surface area contributed by atoms with Gasteiger partial charge in [0.25, 0.3) is 0 Å². The SMILES string of the molecule is O=C(CC(=O)OC(c1ccccc1)c1ccccc1)C[C@@H](O)c1ccco1. The van der Waals surface area contributed by atoms with Crippen molar-refractivity contribution in [1.29, 1.82) is 0 Å². The smallest absolute Gasteiger partial charge is 0.314 e. The normalized spacial score (nSPS) is 11.9. The number of Topliss-reactive ketones (excluding diaryl/α,β-unsaturated/α-hetero) is 1. The Labute approximate surface area is 157 Å². The van der Waals surface area contributed by atoms with Gasteiger partial charge in [0.05, 0.1) is 6.26 Å². The summed E-state index contributed by atoms with van der Waals surface area (Å²) in [6.07, 6.45) is -0.860. The van der Waals surface area contributed by atoms with E-state index >= 15 is 0 Å². The first kappa shape index (κ1) is 18.6. The Morgan fingerprint density at radius 3 is 2.00 bits per heavy atom. The van der Waals surface area contributed by atoms with Gasteiger partial charge in [-0.05, 0) is 23.3 Å². The van der Waals surface area contributed by atoms with Gasteiger partial charge in [-0.2, -0.15) is 0 Å². The van der Waals surface area contributed by atoms with E-state index in [0.29, 0.717) is 5.76 Å². The van der Waals surface area contributed by atoms with Crippen molar-refractivity contribution in [2.24, 2.45) is 0 Å². The van der Waals surface area contributed by atoms with E-state index < -0.39 is 30.4 Å². The van der Waals surface area contributed by atoms with Crippen LogP contribution in [0.25, 0.3) is 0 Å². The number of carbonyl (C=O) groups excluding carboxylic acids is 2. The zero-order chi connectivity index (χ0) is 19.1. The van der Waals surface area contributed by atoms with Crippen LogP contribution in [-0.2, 0) is 14.3 Å². The molecule has 3 aromatic rings. The number of furan rings is 1. The Hall–Kier alpha value is -3.18. The summed E-state index contributed by atoms with van der Waals surface area (Å²) in [5.41, 5.74) is 1.64. The van der Waals surface area contributed by atoms with Crippen molar-refractivity contribution in [1.82, 2.24) is 0 Å². The van der Waals surface area contributed by atoms with Gasteiger partial charge in [0.1, 0.15) is 24.1 Å². The van der Waals surface area contributed by atoms with Gasteiger partial charge in [-0.3, -0.25) is 9.59 Å². The molecule has 0 unspecified atom stereocenters. The molecular formula is C22H20O5. The number of benzene rings is 2. The quantitative estimate of drug-likeness (QED) is 0.483. The molecule has 27 heavy (non-hydrogen) atoms. The lowest BCUT2D eigenvalue weighted by Gasteiger charge is -2.19. The van der Waals surface area contributed by atoms with E-state index in [9.17, 15) is 14.7 Å². The highest BCUT2D eigenvalue weighted by molar-refractivity contribution is 5.95. The van der Waals surface area contributed by atoms with Crippen LogP contribution < -0.4 is 0 Å². The molecule has 2 aromatic carbocycles. The Kier molecular flexibility index (Phi) is 6.18. The molecule has 0 amide bonds. The molecule has 1 N–H and O–H groups in total. The van der Waals surface area contributed by atoms with Gasteiger partial charge in [0.15, 0.2) is 6.10 Å². The summed E-state index contributed by atoms with van der Waals surface area (Å²) in [6, 6.07) is 21.9. The third-order valence-corrected chi connectivity index (χ3v) is 4.09. The van der Waals surface area contributed by atoms with E-state index in [1.165, 1.54) is 6.26 Å². The number of rotatable bonds is 8. The van der Waals surface area contributed by atoms with Gasteiger partial charge < -0.3 is 14.3 Å². The van der Waals surface area contributed by atoms with Crippen LogP contribution in [0, 0.1) is 0 Å². The van der Waals surface area contributed by atoms with Crippen LogP contribution >= 0.6 is 0 Å². The minimum Gasteiger partial charge on any atom is -0.467 e. The first-order valence-electron chi connectivity index (χ1n) is 8.66. The number of ether oxygens (including phenoxy) is 1. The van der Waals surface area contributed by atoms with Crippen molar-refractivity contribution in [2.75, 3.05) is 0 Å². The highest BCUT2D eigenvalue weighted by Gasteiger charge is 2.22. The van der Waals surface area contributed by atoms with Gasteiger partial charge in [0.2, 0.25) is 0 Å². The minimum absolute atomic E-state index is 0.204. The van der Waals surface area contributed by atoms with Crippen molar-refractivity contribution in [3.63, 3.8) is 0 Å². The molecule has 5 nitrogen and oxygen atoms in total. The zero-order valence-corrected chi connectivity index (χ0v) is 14.7. The van der Waals surface area contributed by atoms with Crippen LogP contribution in [0.15, 0.2) is 83.5 Å². The van der Waals surface area contributed by atoms with Crippen LogP contribution in [0.4, 0.5) is 0 Å². The number of carbonyl (C=O) groups is 2. The molecule has 0 aliphatic carbocycles. The maximum absolute atomic E-state index is 12.3. The van der Waals surface area contributed by atoms with Gasteiger partial charge >= 0.3 is 5.97 Å². The van der Waals surface area contributed by atoms with Crippen LogP contribution in [-0.4, -0.2) is 16.9 Å². The van der Waals surface area contributed by atoms with Crippen LogP contribution in [0.2, 0.25) is 0 Å². The van der Waals surface area contributed by atoms with E-state index in [1.54, 1.807) is 12.1 Å². The summed E-state index contributed by atoms with van der Waals surface area (Å²) < 4.78 is 10.7. The first-order chi connectivity index (χ1) is 13.1. The van der Waals surface area contributed by atoms with E-state index in [1.807, 2.05) is 60.7 Å². The largest absolute Gasteiger partial charge is 0.467 e. The number of hydrogen-bond acceptors (Lipinski definition) is 5. The number of aliphatic hydroxyl groups excluding tert-OH is 1. The lowest BCUT2D eigenvalue weighted by atomic mass is 10.0. The molecule has 0 radical (unpaired) electrons. The first-order valence-corrected chi connectivity index (χ1v) is 8.66. The number of aliphatic hydroxyl groups is 1. The molecule has 3 rings (SSSR count). The second kappa shape index (κ2) is 8.96. The summed E-state index contributed by atoms with van der Waals surface area (Å²) in [4.78, 5) is 24.4. The summed E-state index contributed by atoms with van der Waals surface area (Å²) >= 11 is 0. The molecule has 0 spiro atoms. The average Bonchev–Trinajstić information content (AvgIpc) is 3.22. The molecule has 1 heterocycles. The third-order valence-electron chi connectivity index (χ3n) is 4.09. The Balaban J connectivity index is 1.65. The maximum Gasteiger partial charge on any atom is 0.314 e. The highest BCUT2D eigenvalue weighted by atomic mass is 16.5. The molecule has 0 saturated carbocycles. The third kappa shape index (κ3) is 5.15. The van der Waals surface area contributed by atoms with E-state index in [-0.39, 0.29) is 6.42 Å². The monoisotopic (exact) mass is 364 g/mol. The Bertz CT molecular complexity index is 817. The maximum atomic E-state index is 12.3. The zero-order valence-electron chi connectivity index (χ0n) is 14.7. The summed E-state index contributed by atoms with van der Waals surface area (Å²) in [7, 11) is 0. The van der Waals surface area contributed by atoms with Crippen LogP contribution in [0.5, 0.6) is 0 Å². The van der Waals surface area contributed by atoms with Gasteiger partial charge in [-0.1, -0.05) is 60.7 Å². The fourth-order valence-corrected chi connectivity index (χ4v) is 2.79. The predicted molar refractivity (Wildman–Crippen MR) is 98.7 cm³/mol. The average molecular weight is 364 g/mol. The number of hydrogen-bond donors (Lipinski definition) is 1. The van der Waals surface area contributed by atoms with Crippen molar-refractivity contribution in [3.8, 4) is 0 Å². The second-order valence-electron chi connectivity index (χ2n) is 6.14. The second-order valence-corrected chi connectivity index (χ2v) is 6.14. The Morgan fingerprint density at radius 2 is 1.48 bits per heavy atom. The molecule has 1 aromatic heterocycles. The molecule has 0 fully saturated rings. The Morgan fingerprint density at radius 1 is 0.889 bits per heavy atom.